The molecule has 0 aliphatic heterocycles. The van der Waals surface area contributed by atoms with Crippen LogP contribution in [0.15, 0.2) is 35.2 Å². The summed E-state index contributed by atoms with van der Waals surface area (Å²) in [5, 5.41) is 6.89. The van der Waals surface area contributed by atoms with E-state index in [0.29, 0.717) is 12.0 Å². The molecule has 0 saturated carbocycles. The van der Waals surface area contributed by atoms with Crippen LogP contribution >= 0.6 is 12.0 Å². The van der Waals surface area contributed by atoms with Crippen molar-refractivity contribution < 1.29 is 44.0 Å². The van der Waals surface area contributed by atoms with Crippen LogP contribution in [0.1, 0.15) is 12.5 Å². The molecule has 0 bridgehead atoms. The fourth-order valence-corrected chi connectivity index (χ4v) is 1.18. The van der Waals surface area contributed by atoms with Gasteiger partial charge in [0.25, 0.3) is 6.47 Å². The van der Waals surface area contributed by atoms with Crippen LogP contribution < -0.4 is 29.6 Å². The summed E-state index contributed by atoms with van der Waals surface area (Å²) < 4.78 is 10.4. The summed E-state index contributed by atoms with van der Waals surface area (Å²) in [4.78, 5) is 9.13. The third-order valence-electron chi connectivity index (χ3n) is 1.31. The average Bonchev–Trinajstić information content (AvgIpc) is 2.20. The van der Waals surface area contributed by atoms with E-state index in [9.17, 15) is 4.55 Å². The Morgan fingerprint density at radius 1 is 1.47 bits per heavy atom. The molecule has 15 heavy (non-hydrogen) atoms. The number of carbonyl (C=O) groups is 1. The molecule has 0 unspecified atom stereocenters. The van der Waals surface area contributed by atoms with Gasteiger partial charge in [-0.15, -0.1) is 0 Å². The maximum absolute atomic E-state index is 10.4. The summed E-state index contributed by atoms with van der Waals surface area (Å²) in [6.07, 6.45) is 3.92. The van der Waals surface area contributed by atoms with Crippen molar-refractivity contribution in [3.63, 3.8) is 0 Å². The van der Waals surface area contributed by atoms with Gasteiger partial charge in [-0.25, -0.2) is 12.0 Å². The van der Waals surface area contributed by atoms with Crippen molar-refractivity contribution in [2.75, 3.05) is 0 Å². The van der Waals surface area contributed by atoms with E-state index in [2.05, 4.69) is 0 Å². The third kappa shape index (κ3) is 8.72. The molecule has 3 nitrogen and oxygen atoms in total. The Balaban J connectivity index is 0. The minimum atomic E-state index is -0.250. The number of rotatable bonds is 2. The van der Waals surface area contributed by atoms with Gasteiger partial charge in [-0.1, -0.05) is 24.3 Å². The topological polar surface area (TPSA) is 60.4 Å². The molecular formula is C10H11NaO3S. The van der Waals surface area contributed by atoms with Gasteiger partial charge in [-0.05, 0) is 29.5 Å². The first-order valence-electron chi connectivity index (χ1n) is 3.89. The molecule has 1 aromatic rings. The number of allylic oxidation sites excluding steroid dienone is 1. The third-order valence-corrected chi connectivity index (χ3v) is 1.76. The summed E-state index contributed by atoms with van der Waals surface area (Å²) in [6.45, 7) is 1.71. The molecule has 1 aromatic carbocycles. The molecule has 1 rings (SSSR count). The van der Waals surface area contributed by atoms with Gasteiger partial charge in [-0.2, -0.15) is 0 Å². The van der Waals surface area contributed by atoms with Crippen molar-refractivity contribution >= 4 is 24.6 Å². The van der Waals surface area contributed by atoms with E-state index < -0.39 is 0 Å². The zero-order chi connectivity index (χ0) is 10.8. The molecule has 0 amide bonds. The van der Waals surface area contributed by atoms with E-state index in [0.717, 1.165) is 10.5 Å². The van der Waals surface area contributed by atoms with Crippen LogP contribution in [0.3, 0.4) is 0 Å². The number of hydrogen-bond acceptors (Lipinski definition) is 3. The SMILES string of the molecule is C/C=C/c1cccc(S[O-])c1.O=CO.[Na+]. The molecule has 0 fully saturated rings. The Morgan fingerprint density at radius 2 is 2.07 bits per heavy atom. The molecule has 0 atom stereocenters. The Labute approximate surface area is 116 Å². The first-order valence-corrected chi connectivity index (χ1v) is 4.63. The Kier molecular flexibility index (Phi) is 13.5. The molecule has 76 valence electrons. The van der Waals surface area contributed by atoms with Crippen LogP contribution in [-0.2, 0) is 4.79 Å². The smallest absolute Gasteiger partial charge is 0.795 e. The minimum Gasteiger partial charge on any atom is -0.795 e. The second kappa shape index (κ2) is 11.8. The first kappa shape index (κ1) is 17.1. The van der Waals surface area contributed by atoms with Crippen molar-refractivity contribution in [3.05, 3.63) is 35.9 Å². The van der Waals surface area contributed by atoms with E-state index in [-0.39, 0.29) is 36.0 Å². The Morgan fingerprint density at radius 3 is 2.53 bits per heavy atom. The maximum atomic E-state index is 10.4. The van der Waals surface area contributed by atoms with E-state index >= 15 is 0 Å². The standard InChI is InChI=1S/C9H10OS.CH2O2.Na/c1-2-4-8-5-3-6-9(7-8)11-10;2-1-3;/h2-7,10H,1H3;1H,(H,2,3);/q;;+1/p-1/b4-2+;;. The molecule has 0 aromatic heterocycles. The van der Waals surface area contributed by atoms with Gasteiger partial charge in [-0.3, -0.25) is 4.79 Å². The molecular weight excluding hydrogens is 223 g/mol. The fourth-order valence-electron chi connectivity index (χ4n) is 0.863. The second-order valence-corrected chi connectivity index (χ2v) is 2.90. The zero-order valence-electron chi connectivity index (χ0n) is 8.71. The van der Waals surface area contributed by atoms with Crippen LogP contribution in [-0.4, -0.2) is 16.1 Å². The fraction of sp³-hybridized carbons (Fsp3) is 0.100. The molecule has 0 heterocycles. The molecule has 0 saturated heterocycles. The second-order valence-electron chi connectivity index (χ2n) is 2.26. The molecule has 5 heteroatoms. The van der Waals surface area contributed by atoms with Crippen molar-refractivity contribution in [3.8, 4) is 0 Å². The van der Waals surface area contributed by atoms with Crippen LogP contribution in [0.5, 0.6) is 0 Å². The number of hydrogen-bond donors (Lipinski definition) is 1. The van der Waals surface area contributed by atoms with Crippen LogP contribution in [0, 0.1) is 0 Å². The normalized spacial score (nSPS) is 8.67. The van der Waals surface area contributed by atoms with Gasteiger partial charge in [0, 0.05) is 0 Å². The molecule has 0 aliphatic rings. The van der Waals surface area contributed by atoms with Crippen LogP contribution in [0.4, 0.5) is 0 Å². The van der Waals surface area contributed by atoms with Gasteiger partial charge in [0.15, 0.2) is 0 Å². The van der Waals surface area contributed by atoms with Crippen molar-refractivity contribution in [1.29, 1.82) is 0 Å². The Bertz CT molecular complexity index is 302. The van der Waals surface area contributed by atoms with E-state index in [1.165, 1.54) is 0 Å². The summed E-state index contributed by atoms with van der Waals surface area (Å²) in [5.74, 6) is 0. The van der Waals surface area contributed by atoms with Gasteiger partial charge >= 0.3 is 29.6 Å². The van der Waals surface area contributed by atoms with Crippen LogP contribution in [0.2, 0.25) is 0 Å². The van der Waals surface area contributed by atoms with Gasteiger partial charge in [0.2, 0.25) is 0 Å². The summed E-state index contributed by atoms with van der Waals surface area (Å²) in [7, 11) is 0. The zero-order valence-corrected chi connectivity index (χ0v) is 11.5. The van der Waals surface area contributed by atoms with Crippen LogP contribution in [0.25, 0.3) is 6.08 Å². The quantitative estimate of drug-likeness (QED) is 0.431. The minimum absolute atomic E-state index is 0. The first-order chi connectivity index (χ1) is 6.78. The van der Waals surface area contributed by atoms with Crippen molar-refractivity contribution in [1.82, 2.24) is 0 Å². The van der Waals surface area contributed by atoms with E-state index in [4.69, 9.17) is 9.90 Å². The van der Waals surface area contributed by atoms with Gasteiger partial charge in [0.1, 0.15) is 0 Å². The van der Waals surface area contributed by atoms with E-state index in [1.54, 1.807) is 0 Å². The largest absolute Gasteiger partial charge is 1.00 e. The number of benzene rings is 1. The van der Waals surface area contributed by atoms with Gasteiger partial charge in [0.05, 0.1) is 0 Å². The summed E-state index contributed by atoms with van der Waals surface area (Å²) in [6, 6.07) is 7.54. The summed E-state index contributed by atoms with van der Waals surface area (Å²) in [5.41, 5.74) is 1.08. The molecule has 1 N–H and O–H groups in total. The predicted octanol–water partition coefficient (Wildman–Crippen LogP) is -0.353. The molecule has 0 spiro atoms. The Hall–Kier alpha value is -0.260. The summed E-state index contributed by atoms with van der Waals surface area (Å²) >= 11 is 0.525. The predicted molar refractivity (Wildman–Crippen MR) is 56.5 cm³/mol. The molecule has 0 radical (unpaired) electrons. The number of carboxylic acid groups (broad SMARTS) is 1. The molecule has 0 aliphatic carbocycles. The van der Waals surface area contributed by atoms with Crippen molar-refractivity contribution in [2.24, 2.45) is 0 Å². The van der Waals surface area contributed by atoms with E-state index in [1.807, 2.05) is 43.3 Å². The monoisotopic (exact) mass is 234 g/mol. The maximum Gasteiger partial charge on any atom is 1.00 e. The van der Waals surface area contributed by atoms with Gasteiger partial charge < -0.3 is 9.66 Å². The van der Waals surface area contributed by atoms with Crippen molar-refractivity contribution in [2.45, 2.75) is 11.8 Å². The average molecular weight is 234 g/mol.